The maximum Gasteiger partial charge on any atom is 0.285 e. The molecule has 1 N–H and O–H groups in total. The van der Waals surface area contributed by atoms with Gasteiger partial charge in [-0.3, -0.25) is 15.1 Å². The third-order valence-electron chi connectivity index (χ3n) is 2.34. The molecule has 0 atom stereocenters. The molecule has 0 aliphatic heterocycles. The van der Waals surface area contributed by atoms with Gasteiger partial charge in [0.05, 0.1) is 21.6 Å². The molecule has 0 saturated heterocycles. The van der Waals surface area contributed by atoms with E-state index < -0.39 is 4.92 Å². The number of nitro benzene ring substituents is 1. The summed E-state index contributed by atoms with van der Waals surface area (Å²) in [7, 11) is 0. The lowest BCUT2D eigenvalue weighted by atomic mass is 10.2. The molecule has 2 rings (SSSR count). The van der Waals surface area contributed by atoms with Gasteiger partial charge in [-0.1, -0.05) is 6.07 Å². The van der Waals surface area contributed by atoms with Crippen molar-refractivity contribution in [3.63, 3.8) is 0 Å². The van der Waals surface area contributed by atoms with E-state index in [0.29, 0.717) is 16.7 Å². The molecule has 0 aliphatic rings. The van der Waals surface area contributed by atoms with Crippen molar-refractivity contribution in [2.75, 3.05) is 5.32 Å². The number of rotatable bonds is 4. The first kappa shape index (κ1) is 12.5. The van der Waals surface area contributed by atoms with Crippen molar-refractivity contribution in [3.8, 4) is 0 Å². The van der Waals surface area contributed by atoms with Gasteiger partial charge in [0.1, 0.15) is 0 Å². The lowest BCUT2D eigenvalue weighted by Crippen LogP contribution is -2.01. The van der Waals surface area contributed by atoms with Crippen LogP contribution in [0.15, 0.2) is 47.1 Å². The van der Waals surface area contributed by atoms with Crippen molar-refractivity contribution in [3.05, 3.63) is 62.9 Å². The van der Waals surface area contributed by atoms with Crippen LogP contribution in [0, 0.1) is 10.1 Å². The van der Waals surface area contributed by atoms with Gasteiger partial charge in [-0.05, 0) is 40.2 Å². The van der Waals surface area contributed by atoms with Crippen LogP contribution < -0.4 is 5.32 Å². The predicted molar refractivity (Wildman–Crippen MR) is 72.4 cm³/mol. The van der Waals surface area contributed by atoms with E-state index in [0.717, 1.165) is 5.69 Å². The molecule has 5 nitrogen and oxygen atoms in total. The maximum absolute atomic E-state index is 10.8. The Morgan fingerprint density at radius 2 is 2.17 bits per heavy atom. The van der Waals surface area contributed by atoms with Crippen LogP contribution in [0.1, 0.15) is 5.69 Å². The Morgan fingerprint density at radius 1 is 1.33 bits per heavy atom. The van der Waals surface area contributed by atoms with Crippen molar-refractivity contribution < 1.29 is 4.92 Å². The number of aromatic nitrogens is 1. The molecule has 1 aromatic heterocycles. The van der Waals surface area contributed by atoms with Gasteiger partial charge in [0.25, 0.3) is 5.69 Å². The average Bonchev–Trinajstić information content (AvgIpc) is 2.38. The Kier molecular flexibility index (Phi) is 3.88. The van der Waals surface area contributed by atoms with Gasteiger partial charge in [0, 0.05) is 18.0 Å². The van der Waals surface area contributed by atoms with Crippen LogP contribution in [0.3, 0.4) is 0 Å². The predicted octanol–water partition coefficient (Wildman–Crippen LogP) is 3.36. The molecule has 0 fully saturated rings. The van der Waals surface area contributed by atoms with Gasteiger partial charge in [-0.25, -0.2) is 0 Å². The number of benzene rings is 1. The zero-order valence-electron chi connectivity index (χ0n) is 9.34. The van der Waals surface area contributed by atoms with E-state index in [1.165, 1.54) is 6.07 Å². The third-order valence-corrected chi connectivity index (χ3v) is 3.01. The number of nitrogens with one attached hydrogen (secondary N) is 1. The number of anilines is 1. The van der Waals surface area contributed by atoms with Crippen LogP contribution in [0.4, 0.5) is 11.4 Å². The zero-order chi connectivity index (χ0) is 13.0. The molecule has 0 spiro atoms. The average molecular weight is 308 g/mol. The van der Waals surface area contributed by atoms with E-state index in [4.69, 9.17) is 0 Å². The van der Waals surface area contributed by atoms with Gasteiger partial charge in [0.15, 0.2) is 0 Å². The molecule has 0 radical (unpaired) electrons. The second-order valence-corrected chi connectivity index (χ2v) is 4.45. The molecule has 0 unspecified atom stereocenters. The van der Waals surface area contributed by atoms with Gasteiger partial charge in [0.2, 0.25) is 0 Å². The molecule has 0 saturated carbocycles. The molecule has 0 aliphatic carbocycles. The number of halogens is 1. The number of pyridine rings is 1. The first-order chi connectivity index (χ1) is 8.66. The number of hydrogen-bond donors (Lipinski definition) is 1. The Morgan fingerprint density at radius 3 is 2.83 bits per heavy atom. The van der Waals surface area contributed by atoms with Gasteiger partial charge in [-0.15, -0.1) is 0 Å². The normalized spacial score (nSPS) is 10.1. The Bertz CT molecular complexity index is 561. The van der Waals surface area contributed by atoms with Crippen LogP contribution in [-0.2, 0) is 6.54 Å². The topological polar surface area (TPSA) is 68.1 Å². The van der Waals surface area contributed by atoms with E-state index in [-0.39, 0.29) is 5.69 Å². The van der Waals surface area contributed by atoms with E-state index >= 15 is 0 Å². The molecule has 18 heavy (non-hydrogen) atoms. The van der Waals surface area contributed by atoms with Crippen LogP contribution in [-0.4, -0.2) is 9.91 Å². The summed E-state index contributed by atoms with van der Waals surface area (Å²) in [5, 5.41) is 13.9. The molecule has 6 heteroatoms. The highest BCUT2D eigenvalue weighted by Gasteiger charge is 2.11. The highest BCUT2D eigenvalue weighted by molar-refractivity contribution is 9.10. The van der Waals surface area contributed by atoms with Crippen molar-refractivity contribution in [2.24, 2.45) is 0 Å². The van der Waals surface area contributed by atoms with Crippen molar-refractivity contribution >= 4 is 27.3 Å². The fourth-order valence-corrected chi connectivity index (χ4v) is 1.85. The highest BCUT2D eigenvalue weighted by atomic mass is 79.9. The molecule has 0 amide bonds. The summed E-state index contributed by atoms with van der Waals surface area (Å²) in [5.74, 6) is 0. The zero-order valence-corrected chi connectivity index (χ0v) is 10.9. The van der Waals surface area contributed by atoms with Crippen LogP contribution in [0.2, 0.25) is 0 Å². The minimum Gasteiger partial charge on any atom is -0.379 e. The van der Waals surface area contributed by atoms with Crippen LogP contribution >= 0.6 is 15.9 Å². The monoisotopic (exact) mass is 307 g/mol. The fourth-order valence-electron chi connectivity index (χ4n) is 1.46. The summed E-state index contributed by atoms with van der Waals surface area (Å²) in [6.45, 7) is 0.527. The number of nitro groups is 1. The third kappa shape index (κ3) is 3.04. The Labute approximate surface area is 112 Å². The summed E-state index contributed by atoms with van der Waals surface area (Å²) >= 11 is 3.15. The smallest absolute Gasteiger partial charge is 0.285 e. The van der Waals surface area contributed by atoms with E-state index in [9.17, 15) is 10.1 Å². The Hall–Kier alpha value is -1.95. The van der Waals surface area contributed by atoms with Gasteiger partial charge >= 0.3 is 0 Å². The van der Waals surface area contributed by atoms with Crippen molar-refractivity contribution in [1.29, 1.82) is 0 Å². The van der Waals surface area contributed by atoms with Crippen molar-refractivity contribution in [2.45, 2.75) is 6.54 Å². The summed E-state index contributed by atoms with van der Waals surface area (Å²) < 4.78 is 0.468. The first-order valence-corrected chi connectivity index (χ1v) is 6.04. The lowest BCUT2D eigenvalue weighted by Gasteiger charge is -2.06. The highest BCUT2D eigenvalue weighted by Crippen LogP contribution is 2.27. The maximum atomic E-state index is 10.8. The first-order valence-electron chi connectivity index (χ1n) is 5.24. The summed E-state index contributed by atoms with van der Waals surface area (Å²) in [6, 6.07) is 10.5. The molecule has 0 bridgehead atoms. The summed E-state index contributed by atoms with van der Waals surface area (Å²) in [4.78, 5) is 14.5. The Balaban J connectivity index is 2.11. The molecular weight excluding hydrogens is 298 g/mol. The fraction of sp³-hybridized carbons (Fsp3) is 0.0833. The second-order valence-electron chi connectivity index (χ2n) is 3.60. The second kappa shape index (κ2) is 5.59. The van der Waals surface area contributed by atoms with Crippen LogP contribution in [0.5, 0.6) is 0 Å². The van der Waals surface area contributed by atoms with Crippen LogP contribution in [0.25, 0.3) is 0 Å². The lowest BCUT2D eigenvalue weighted by molar-refractivity contribution is -0.385. The molecular formula is C12H10BrN3O2. The SMILES string of the molecule is O=[N+]([O-])c1cc(NCc2ccccn2)ccc1Br. The van der Waals surface area contributed by atoms with E-state index in [1.54, 1.807) is 18.3 Å². The number of nitrogens with zero attached hydrogens (tertiary/aromatic N) is 2. The molecule has 1 aromatic carbocycles. The minimum atomic E-state index is -0.421. The molecule has 92 valence electrons. The van der Waals surface area contributed by atoms with E-state index in [1.807, 2.05) is 18.2 Å². The largest absolute Gasteiger partial charge is 0.379 e. The van der Waals surface area contributed by atoms with Gasteiger partial charge in [-0.2, -0.15) is 0 Å². The minimum absolute atomic E-state index is 0.0426. The number of hydrogen-bond acceptors (Lipinski definition) is 4. The molecule has 2 aromatic rings. The quantitative estimate of drug-likeness (QED) is 0.694. The van der Waals surface area contributed by atoms with Gasteiger partial charge < -0.3 is 5.32 Å². The molecule has 1 heterocycles. The van der Waals surface area contributed by atoms with E-state index in [2.05, 4.69) is 26.2 Å². The summed E-state index contributed by atoms with van der Waals surface area (Å²) in [6.07, 6.45) is 1.71. The standard InChI is InChI=1S/C12H10BrN3O2/c13-11-5-4-9(7-12(11)16(17)18)15-8-10-3-1-2-6-14-10/h1-7,15H,8H2. The van der Waals surface area contributed by atoms with Crippen molar-refractivity contribution in [1.82, 2.24) is 4.98 Å². The summed E-state index contributed by atoms with van der Waals surface area (Å²) in [5.41, 5.74) is 1.61.